The Morgan fingerprint density at radius 1 is 1.16 bits per heavy atom. The van der Waals surface area contributed by atoms with Gasteiger partial charge in [0.1, 0.15) is 30.3 Å². The van der Waals surface area contributed by atoms with Crippen LogP contribution in [0.1, 0.15) is 55.6 Å². The molecule has 200 valence electrons. The Kier molecular flexibility index (Phi) is 9.98. The summed E-state index contributed by atoms with van der Waals surface area (Å²) in [4.78, 5) is 38.1. The number of esters is 1. The number of hydrogen-bond acceptors (Lipinski definition) is 7. The van der Waals surface area contributed by atoms with Crippen LogP contribution in [0.15, 0.2) is 40.9 Å². The first kappa shape index (κ1) is 28.9. The minimum atomic E-state index is -0.794. The lowest BCUT2D eigenvalue weighted by molar-refractivity contribution is -0.148. The van der Waals surface area contributed by atoms with Gasteiger partial charge in [0, 0.05) is 27.0 Å². The zero-order chi connectivity index (χ0) is 27.2. The van der Waals surface area contributed by atoms with Crippen LogP contribution in [0.4, 0.5) is 4.79 Å². The van der Waals surface area contributed by atoms with Gasteiger partial charge in [0.25, 0.3) is 0 Å². The highest BCUT2D eigenvalue weighted by Gasteiger charge is 2.42. The Morgan fingerprint density at radius 2 is 1.92 bits per heavy atom. The number of halogens is 2. The van der Waals surface area contributed by atoms with Gasteiger partial charge < -0.3 is 18.9 Å². The van der Waals surface area contributed by atoms with Crippen LogP contribution in [0.5, 0.6) is 5.75 Å². The van der Waals surface area contributed by atoms with E-state index < -0.39 is 29.8 Å². The van der Waals surface area contributed by atoms with E-state index in [0.29, 0.717) is 16.3 Å². The van der Waals surface area contributed by atoms with Gasteiger partial charge >= 0.3 is 12.1 Å². The Bertz CT molecular complexity index is 1130. The molecule has 37 heavy (non-hydrogen) atoms. The number of rotatable bonds is 9. The van der Waals surface area contributed by atoms with E-state index in [9.17, 15) is 14.4 Å². The van der Waals surface area contributed by atoms with Crippen molar-refractivity contribution >= 4 is 45.9 Å². The standard InChI is InChI=1S/C27H31BrClNO7/c1-5-34-25(32)24-12-22(13-30(24)26(33)37-27(2,3)4)35-15-18-8-17(14-31)9-21(10-18)36-16-19-6-7-20(29)11-23(19)28/h6-11,14,22,24H,5,12-13,15-16H2,1-4H3. The fourth-order valence-electron chi connectivity index (χ4n) is 3.84. The van der Waals surface area contributed by atoms with Gasteiger partial charge in [-0.2, -0.15) is 0 Å². The largest absolute Gasteiger partial charge is 0.489 e. The van der Waals surface area contributed by atoms with E-state index in [1.165, 1.54) is 4.90 Å². The van der Waals surface area contributed by atoms with Crippen molar-refractivity contribution in [3.05, 3.63) is 62.6 Å². The minimum absolute atomic E-state index is 0.158. The molecule has 1 saturated heterocycles. The molecular weight excluding hydrogens is 566 g/mol. The third kappa shape index (κ3) is 8.45. The molecule has 1 heterocycles. The van der Waals surface area contributed by atoms with Crippen LogP contribution < -0.4 is 4.74 Å². The molecule has 3 rings (SSSR count). The zero-order valence-corrected chi connectivity index (χ0v) is 23.6. The number of benzene rings is 2. The summed E-state index contributed by atoms with van der Waals surface area (Å²) < 4.78 is 23.4. The van der Waals surface area contributed by atoms with Crippen LogP contribution in [-0.2, 0) is 32.2 Å². The fraction of sp³-hybridized carbons (Fsp3) is 0.444. The Hall–Kier alpha value is -2.62. The Morgan fingerprint density at radius 3 is 2.57 bits per heavy atom. The van der Waals surface area contributed by atoms with Gasteiger partial charge in [-0.15, -0.1) is 0 Å². The van der Waals surface area contributed by atoms with Crippen LogP contribution >= 0.6 is 27.5 Å². The summed E-state index contributed by atoms with van der Waals surface area (Å²) in [5.41, 5.74) is 1.36. The van der Waals surface area contributed by atoms with Crippen LogP contribution in [0.2, 0.25) is 5.02 Å². The number of carbonyl (C=O) groups is 3. The molecule has 0 radical (unpaired) electrons. The van der Waals surface area contributed by atoms with E-state index in [1.54, 1.807) is 58.0 Å². The molecule has 0 bridgehead atoms. The molecule has 8 nitrogen and oxygen atoms in total. The molecule has 1 amide bonds. The first-order valence-corrected chi connectivity index (χ1v) is 13.1. The van der Waals surface area contributed by atoms with E-state index in [0.717, 1.165) is 21.9 Å². The topological polar surface area (TPSA) is 91.4 Å². The second-order valence-corrected chi connectivity index (χ2v) is 10.9. The second kappa shape index (κ2) is 12.8. The van der Waals surface area contributed by atoms with Gasteiger partial charge in [0.2, 0.25) is 0 Å². The van der Waals surface area contributed by atoms with Crippen molar-refractivity contribution in [1.29, 1.82) is 0 Å². The summed E-state index contributed by atoms with van der Waals surface area (Å²) in [6.45, 7) is 7.82. The summed E-state index contributed by atoms with van der Waals surface area (Å²) in [6, 6.07) is 9.78. The molecular formula is C27H31BrClNO7. The smallest absolute Gasteiger partial charge is 0.411 e. The van der Waals surface area contributed by atoms with Gasteiger partial charge in [-0.1, -0.05) is 33.6 Å². The Balaban J connectivity index is 1.68. The van der Waals surface area contributed by atoms with Crippen LogP contribution in [0.25, 0.3) is 0 Å². The number of hydrogen-bond donors (Lipinski definition) is 0. The summed E-state index contributed by atoms with van der Waals surface area (Å²) in [7, 11) is 0. The summed E-state index contributed by atoms with van der Waals surface area (Å²) >= 11 is 9.47. The number of ether oxygens (including phenoxy) is 4. The normalized spacial score (nSPS) is 17.4. The molecule has 0 spiro atoms. The molecule has 1 aliphatic rings. The second-order valence-electron chi connectivity index (χ2n) is 9.62. The summed E-state index contributed by atoms with van der Waals surface area (Å²) in [6.07, 6.45) is 0.00439. The number of amides is 1. The maximum Gasteiger partial charge on any atom is 0.411 e. The zero-order valence-electron chi connectivity index (χ0n) is 21.3. The molecule has 2 unspecified atom stereocenters. The molecule has 1 fully saturated rings. The molecule has 0 saturated carbocycles. The van der Waals surface area contributed by atoms with E-state index in [-0.39, 0.29) is 32.8 Å². The molecule has 2 atom stereocenters. The first-order valence-electron chi connectivity index (χ1n) is 11.9. The highest BCUT2D eigenvalue weighted by atomic mass is 79.9. The molecule has 2 aromatic carbocycles. The average molecular weight is 597 g/mol. The van der Waals surface area contributed by atoms with Gasteiger partial charge in [-0.05, 0) is 63.6 Å². The van der Waals surface area contributed by atoms with E-state index in [2.05, 4.69) is 15.9 Å². The maximum atomic E-state index is 12.7. The van der Waals surface area contributed by atoms with Crippen molar-refractivity contribution < 1.29 is 33.3 Å². The van der Waals surface area contributed by atoms with Gasteiger partial charge in [0.05, 0.1) is 25.9 Å². The maximum absolute atomic E-state index is 12.7. The van der Waals surface area contributed by atoms with Crippen molar-refractivity contribution in [3.8, 4) is 5.75 Å². The highest BCUT2D eigenvalue weighted by molar-refractivity contribution is 9.10. The van der Waals surface area contributed by atoms with Gasteiger partial charge in [-0.3, -0.25) is 9.69 Å². The lowest BCUT2D eigenvalue weighted by atomic mass is 10.1. The van der Waals surface area contributed by atoms with Crippen LogP contribution in [0, 0.1) is 0 Å². The van der Waals surface area contributed by atoms with Crippen molar-refractivity contribution in [2.75, 3.05) is 13.2 Å². The molecule has 0 aromatic heterocycles. The van der Waals surface area contributed by atoms with Crippen LogP contribution in [0.3, 0.4) is 0 Å². The summed E-state index contributed by atoms with van der Waals surface area (Å²) in [5, 5.41) is 0.611. The van der Waals surface area contributed by atoms with Crippen molar-refractivity contribution in [3.63, 3.8) is 0 Å². The van der Waals surface area contributed by atoms with Crippen molar-refractivity contribution in [2.45, 2.75) is 65.1 Å². The molecule has 10 heteroatoms. The average Bonchev–Trinajstić information content (AvgIpc) is 3.26. The van der Waals surface area contributed by atoms with Crippen molar-refractivity contribution in [1.82, 2.24) is 4.90 Å². The summed E-state index contributed by atoms with van der Waals surface area (Å²) in [5.74, 6) is 0.0164. The highest BCUT2D eigenvalue weighted by Crippen LogP contribution is 2.27. The Labute approximate surface area is 230 Å². The molecule has 1 aliphatic heterocycles. The number of nitrogens with zero attached hydrogens (tertiary/aromatic N) is 1. The lowest BCUT2D eigenvalue weighted by Gasteiger charge is -2.27. The monoisotopic (exact) mass is 595 g/mol. The lowest BCUT2D eigenvalue weighted by Crippen LogP contribution is -2.44. The predicted molar refractivity (Wildman–Crippen MR) is 142 cm³/mol. The fourth-order valence-corrected chi connectivity index (χ4v) is 4.63. The first-order chi connectivity index (χ1) is 17.5. The molecule has 0 N–H and O–H groups in total. The molecule has 0 aliphatic carbocycles. The van der Waals surface area contributed by atoms with Gasteiger partial charge in [0.15, 0.2) is 0 Å². The predicted octanol–water partition coefficient (Wildman–Crippen LogP) is 5.95. The van der Waals surface area contributed by atoms with Crippen LogP contribution in [-0.4, -0.2) is 54.1 Å². The number of aldehydes is 1. The third-order valence-electron chi connectivity index (χ3n) is 5.47. The van der Waals surface area contributed by atoms with E-state index in [4.69, 9.17) is 30.5 Å². The van der Waals surface area contributed by atoms with Crippen molar-refractivity contribution in [2.24, 2.45) is 0 Å². The third-order valence-corrected chi connectivity index (χ3v) is 6.44. The van der Waals surface area contributed by atoms with E-state index >= 15 is 0 Å². The quantitative estimate of drug-likeness (QED) is 0.261. The van der Waals surface area contributed by atoms with E-state index in [1.807, 2.05) is 6.07 Å². The number of carbonyl (C=O) groups excluding carboxylic acids is 3. The number of likely N-dealkylation sites (tertiary alicyclic amines) is 1. The SMILES string of the molecule is CCOC(=O)C1CC(OCc2cc(C=O)cc(OCc3ccc(Cl)cc3Br)c2)CN1C(=O)OC(C)(C)C. The van der Waals surface area contributed by atoms with Gasteiger partial charge in [-0.25, -0.2) is 9.59 Å². The minimum Gasteiger partial charge on any atom is -0.489 e. The molecule has 2 aromatic rings.